The van der Waals surface area contributed by atoms with Gasteiger partial charge >= 0.3 is 0 Å². The van der Waals surface area contributed by atoms with E-state index in [0.717, 1.165) is 44.5 Å². The molecule has 1 aliphatic rings. The van der Waals surface area contributed by atoms with Crippen molar-refractivity contribution < 1.29 is 4.79 Å². The second kappa shape index (κ2) is 8.90. The number of carbonyl (C=O) groups excluding carboxylic acids is 1. The summed E-state index contributed by atoms with van der Waals surface area (Å²) in [6.45, 7) is 7.48. The first-order valence-corrected chi connectivity index (χ1v) is 9.41. The van der Waals surface area contributed by atoms with E-state index < -0.39 is 0 Å². The molecule has 0 unspecified atom stereocenters. The molecular formula is C21H28N4O. The van der Waals surface area contributed by atoms with Gasteiger partial charge in [0.05, 0.1) is 0 Å². The molecule has 2 heterocycles. The minimum Gasteiger partial charge on any atom is -0.335 e. The van der Waals surface area contributed by atoms with Gasteiger partial charge in [0.15, 0.2) is 0 Å². The number of aromatic nitrogens is 2. The molecule has 1 aromatic heterocycles. The van der Waals surface area contributed by atoms with Crippen LogP contribution in [0.5, 0.6) is 0 Å². The van der Waals surface area contributed by atoms with Crippen molar-refractivity contribution in [3.05, 3.63) is 59.7 Å². The van der Waals surface area contributed by atoms with Crippen LogP contribution in [0, 0.1) is 6.92 Å². The van der Waals surface area contributed by atoms with Crippen molar-refractivity contribution in [2.24, 2.45) is 0 Å². The van der Waals surface area contributed by atoms with Gasteiger partial charge in [0.1, 0.15) is 6.33 Å². The average Bonchev–Trinajstić information content (AvgIpc) is 2.88. The lowest BCUT2D eigenvalue weighted by Crippen LogP contribution is -2.39. The van der Waals surface area contributed by atoms with Gasteiger partial charge in [0.2, 0.25) is 5.91 Å². The third-order valence-corrected chi connectivity index (χ3v) is 5.13. The average molecular weight is 352 g/mol. The lowest BCUT2D eigenvalue weighted by atomic mass is 10.1. The van der Waals surface area contributed by atoms with Gasteiger partial charge in [-0.25, -0.2) is 9.97 Å². The molecule has 3 rings (SSSR count). The molecule has 1 aliphatic heterocycles. The molecule has 0 saturated carbocycles. The molecule has 26 heavy (non-hydrogen) atoms. The van der Waals surface area contributed by atoms with Crippen LogP contribution in [0.2, 0.25) is 0 Å². The normalized spacial score (nSPS) is 18.3. The summed E-state index contributed by atoms with van der Waals surface area (Å²) in [5.41, 5.74) is 3.65. The summed E-state index contributed by atoms with van der Waals surface area (Å²) in [4.78, 5) is 24.9. The van der Waals surface area contributed by atoms with Gasteiger partial charge in [-0.3, -0.25) is 9.69 Å². The Labute approximate surface area is 156 Å². The maximum absolute atomic E-state index is 12.2. The number of hydrogen-bond acceptors (Lipinski definition) is 4. The number of hydrogen-bond donors (Lipinski definition) is 0. The summed E-state index contributed by atoms with van der Waals surface area (Å²) in [5, 5.41) is 0. The highest BCUT2D eigenvalue weighted by molar-refractivity contribution is 5.73. The zero-order valence-corrected chi connectivity index (χ0v) is 15.8. The van der Waals surface area contributed by atoms with Crippen LogP contribution >= 0.6 is 0 Å². The van der Waals surface area contributed by atoms with E-state index in [9.17, 15) is 4.79 Å². The van der Waals surface area contributed by atoms with Gasteiger partial charge in [0.25, 0.3) is 0 Å². The zero-order chi connectivity index (χ0) is 18.4. The van der Waals surface area contributed by atoms with Crippen molar-refractivity contribution in [2.75, 3.05) is 13.1 Å². The minimum atomic E-state index is 0.130. The van der Waals surface area contributed by atoms with Crippen molar-refractivity contribution in [1.82, 2.24) is 19.8 Å². The molecule has 0 radical (unpaired) electrons. The monoisotopic (exact) mass is 352 g/mol. The maximum atomic E-state index is 12.2. The van der Waals surface area contributed by atoms with Crippen molar-refractivity contribution in [3.63, 3.8) is 0 Å². The lowest BCUT2D eigenvalue weighted by molar-refractivity contribution is -0.132. The predicted molar refractivity (Wildman–Crippen MR) is 102 cm³/mol. The zero-order valence-electron chi connectivity index (χ0n) is 15.8. The van der Waals surface area contributed by atoms with Crippen LogP contribution in [0.25, 0.3) is 0 Å². The van der Waals surface area contributed by atoms with Crippen LogP contribution in [-0.2, 0) is 17.9 Å². The Morgan fingerprint density at radius 2 is 1.85 bits per heavy atom. The summed E-state index contributed by atoms with van der Waals surface area (Å²) in [6, 6.07) is 9.07. The summed E-state index contributed by atoms with van der Waals surface area (Å²) in [6.07, 6.45) is 8.30. The van der Waals surface area contributed by atoms with E-state index in [-0.39, 0.29) is 11.9 Å². The first kappa shape index (κ1) is 18.5. The standard InChI is InChI=1S/C21H28N4O/c1-17-5-7-19(8-6-17)14-24-10-3-4-21(9-11-24)25(18(2)26)15-20-12-22-16-23-13-20/h5-8,12-13,16,21H,3-4,9-11,14-15H2,1-2H3/t21-/m1/s1. The Morgan fingerprint density at radius 3 is 2.54 bits per heavy atom. The van der Waals surface area contributed by atoms with E-state index in [1.165, 1.54) is 17.5 Å². The SMILES string of the molecule is CC(=O)N(Cc1cncnc1)[C@@H]1CCCN(Cc2ccc(C)cc2)CC1. The highest BCUT2D eigenvalue weighted by atomic mass is 16.2. The van der Waals surface area contributed by atoms with Gasteiger partial charge in [-0.15, -0.1) is 0 Å². The molecule has 0 spiro atoms. The van der Waals surface area contributed by atoms with Crippen LogP contribution in [0.15, 0.2) is 43.0 Å². The van der Waals surface area contributed by atoms with Crippen LogP contribution < -0.4 is 0 Å². The number of amides is 1. The number of likely N-dealkylation sites (tertiary alicyclic amines) is 1. The van der Waals surface area contributed by atoms with E-state index in [2.05, 4.69) is 46.1 Å². The second-order valence-electron chi connectivity index (χ2n) is 7.24. The topological polar surface area (TPSA) is 49.3 Å². The summed E-state index contributed by atoms with van der Waals surface area (Å²) in [7, 11) is 0. The lowest BCUT2D eigenvalue weighted by Gasteiger charge is -2.30. The molecule has 1 aromatic carbocycles. The summed E-state index contributed by atoms with van der Waals surface area (Å²) >= 11 is 0. The van der Waals surface area contributed by atoms with Gasteiger partial charge in [0, 0.05) is 50.6 Å². The molecule has 1 fully saturated rings. The Hall–Kier alpha value is -2.27. The van der Waals surface area contributed by atoms with Gasteiger partial charge in [-0.05, 0) is 38.3 Å². The van der Waals surface area contributed by atoms with E-state index in [1.807, 2.05) is 4.90 Å². The number of carbonyl (C=O) groups is 1. The summed E-state index contributed by atoms with van der Waals surface area (Å²) in [5.74, 6) is 0.130. The first-order valence-electron chi connectivity index (χ1n) is 9.41. The molecule has 0 N–H and O–H groups in total. The van der Waals surface area contributed by atoms with Crippen LogP contribution in [0.3, 0.4) is 0 Å². The minimum absolute atomic E-state index is 0.130. The first-order chi connectivity index (χ1) is 12.6. The highest BCUT2D eigenvalue weighted by Gasteiger charge is 2.24. The highest BCUT2D eigenvalue weighted by Crippen LogP contribution is 2.20. The van der Waals surface area contributed by atoms with E-state index in [4.69, 9.17) is 0 Å². The molecule has 0 bridgehead atoms. The second-order valence-corrected chi connectivity index (χ2v) is 7.24. The number of aryl methyl sites for hydroxylation is 1. The van der Waals surface area contributed by atoms with Crippen molar-refractivity contribution in [3.8, 4) is 0 Å². The third kappa shape index (κ3) is 5.11. The number of rotatable bonds is 5. The fourth-order valence-electron chi connectivity index (χ4n) is 3.67. The Balaban J connectivity index is 1.60. The maximum Gasteiger partial charge on any atom is 0.219 e. The molecular weight excluding hydrogens is 324 g/mol. The third-order valence-electron chi connectivity index (χ3n) is 5.13. The van der Waals surface area contributed by atoms with E-state index >= 15 is 0 Å². The largest absolute Gasteiger partial charge is 0.335 e. The molecule has 0 aliphatic carbocycles. The molecule has 5 heteroatoms. The van der Waals surface area contributed by atoms with Gasteiger partial charge in [-0.2, -0.15) is 0 Å². The van der Waals surface area contributed by atoms with Crippen LogP contribution in [-0.4, -0.2) is 44.8 Å². The number of nitrogens with zero attached hydrogens (tertiary/aromatic N) is 4. The van der Waals surface area contributed by atoms with E-state index in [0.29, 0.717) is 6.54 Å². The molecule has 1 saturated heterocycles. The Morgan fingerprint density at radius 1 is 1.12 bits per heavy atom. The quantitative estimate of drug-likeness (QED) is 0.829. The predicted octanol–water partition coefficient (Wildman–Crippen LogP) is 3.19. The van der Waals surface area contributed by atoms with Gasteiger partial charge < -0.3 is 4.90 Å². The Bertz CT molecular complexity index is 702. The fraction of sp³-hybridized carbons (Fsp3) is 0.476. The van der Waals surface area contributed by atoms with Crippen molar-refractivity contribution >= 4 is 5.91 Å². The molecule has 2 aromatic rings. The smallest absolute Gasteiger partial charge is 0.219 e. The van der Waals surface area contributed by atoms with Crippen molar-refractivity contribution in [2.45, 2.75) is 52.2 Å². The van der Waals surface area contributed by atoms with Crippen LogP contribution in [0.1, 0.15) is 42.9 Å². The van der Waals surface area contributed by atoms with E-state index in [1.54, 1.807) is 19.3 Å². The Kier molecular flexibility index (Phi) is 6.34. The van der Waals surface area contributed by atoms with Crippen LogP contribution in [0.4, 0.5) is 0 Å². The molecule has 5 nitrogen and oxygen atoms in total. The fourth-order valence-corrected chi connectivity index (χ4v) is 3.67. The summed E-state index contributed by atoms with van der Waals surface area (Å²) < 4.78 is 0. The van der Waals surface area contributed by atoms with Gasteiger partial charge in [-0.1, -0.05) is 29.8 Å². The number of benzene rings is 1. The molecule has 1 atom stereocenters. The molecule has 1 amide bonds. The molecule has 138 valence electrons. The van der Waals surface area contributed by atoms with Crippen molar-refractivity contribution in [1.29, 1.82) is 0 Å².